The standard InChI is InChI=1S/C18H21N3O5S/c1-3-25-17(22)18(2,12-27(23)24)8-9-21-11-13(10-19-21)16-20-14-6-4-5-7-15(14)26-16/h4-7,10-11,27H,3,8-9,12H2,1-2H3. The number of oxazole rings is 1. The molecule has 0 fully saturated rings. The van der Waals surface area contributed by atoms with Crippen LogP contribution in [0.3, 0.4) is 0 Å². The molecule has 3 rings (SSSR count). The highest BCUT2D eigenvalue weighted by atomic mass is 32.2. The van der Waals surface area contributed by atoms with Crippen LogP contribution in [0.1, 0.15) is 20.3 Å². The SMILES string of the molecule is CCOC(=O)C(C)(CCn1cc(-c2nc3ccccc3o2)cn1)C[SH](=O)=O. The number of benzene rings is 1. The summed E-state index contributed by atoms with van der Waals surface area (Å²) in [5, 5.41) is 4.26. The Labute approximate surface area is 158 Å². The van der Waals surface area contributed by atoms with Gasteiger partial charge in [-0.15, -0.1) is 0 Å². The molecule has 1 unspecified atom stereocenters. The van der Waals surface area contributed by atoms with Crippen LogP contribution in [-0.2, 0) is 26.8 Å². The third-order valence-electron chi connectivity index (χ3n) is 4.31. The van der Waals surface area contributed by atoms with Crippen LogP contribution in [0.25, 0.3) is 22.6 Å². The number of nitrogens with zero attached hydrogens (tertiary/aromatic N) is 3. The van der Waals surface area contributed by atoms with Crippen LogP contribution in [0, 0.1) is 5.41 Å². The van der Waals surface area contributed by atoms with E-state index in [0.717, 1.165) is 5.52 Å². The summed E-state index contributed by atoms with van der Waals surface area (Å²) < 4.78 is 34.8. The fourth-order valence-corrected chi connectivity index (χ4v) is 3.65. The van der Waals surface area contributed by atoms with Crippen LogP contribution >= 0.6 is 0 Å². The molecular formula is C18H21N3O5S. The molecule has 0 radical (unpaired) electrons. The molecule has 2 aromatic heterocycles. The molecule has 2 heterocycles. The van der Waals surface area contributed by atoms with E-state index in [9.17, 15) is 13.2 Å². The topological polar surface area (TPSA) is 104 Å². The lowest BCUT2D eigenvalue weighted by molar-refractivity contribution is -0.153. The quantitative estimate of drug-likeness (QED) is 0.464. The van der Waals surface area contributed by atoms with Gasteiger partial charge in [0, 0.05) is 12.7 Å². The van der Waals surface area contributed by atoms with Gasteiger partial charge in [0.2, 0.25) is 5.89 Å². The zero-order valence-electron chi connectivity index (χ0n) is 15.1. The fraction of sp³-hybridized carbons (Fsp3) is 0.389. The minimum atomic E-state index is -2.71. The predicted molar refractivity (Wildman–Crippen MR) is 99.8 cm³/mol. The maximum Gasteiger partial charge on any atom is 0.312 e. The van der Waals surface area contributed by atoms with Crippen molar-refractivity contribution in [1.82, 2.24) is 14.8 Å². The van der Waals surface area contributed by atoms with Crippen molar-refractivity contribution in [2.24, 2.45) is 5.41 Å². The molecule has 0 N–H and O–H groups in total. The molecule has 27 heavy (non-hydrogen) atoms. The zero-order chi connectivity index (χ0) is 19.4. The Morgan fingerprint density at radius 3 is 2.81 bits per heavy atom. The van der Waals surface area contributed by atoms with Crippen molar-refractivity contribution >= 4 is 27.8 Å². The molecule has 0 spiro atoms. The number of carbonyl (C=O) groups is 1. The molecule has 1 aromatic carbocycles. The fourth-order valence-electron chi connectivity index (χ4n) is 2.79. The Bertz CT molecular complexity index is 982. The number of carbonyl (C=O) groups excluding carboxylic acids is 1. The molecule has 0 aliphatic heterocycles. The van der Waals surface area contributed by atoms with Crippen LogP contribution in [0.15, 0.2) is 41.1 Å². The summed E-state index contributed by atoms with van der Waals surface area (Å²) >= 11 is 0. The number of rotatable bonds is 8. The van der Waals surface area contributed by atoms with Crippen molar-refractivity contribution in [2.45, 2.75) is 26.8 Å². The Morgan fingerprint density at radius 1 is 1.33 bits per heavy atom. The van der Waals surface area contributed by atoms with Crippen molar-refractivity contribution in [2.75, 3.05) is 12.4 Å². The van der Waals surface area contributed by atoms with Crippen LogP contribution < -0.4 is 0 Å². The molecule has 1 atom stereocenters. The van der Waals surface area contributed by atoms with Gasteiger partial charge in [-0.2, -0.15) is 5.10 Å². The normalized spacial score (nSPS) is 13.7. The van der Waals surface area contributed by atoms with Gasteiger partial charge in [0.1, 0.15) is 16.2 Å². The molecule has 3 aromatic rings. The van der Waals surface area contributed by atoms with Crippen LogP contribution in [0.5, 0.6) is 0 Å². The lowest BCUT2D eigenvalue weighted by Gasteiger charge is -2.24. The number of para-hydroxylation sites is 2. The lowest BCUT2D eigenvalue weighted by Crippen LogP contribution is -2.35. The molecule has 0 bridgehead atoms. The molecular weight excluding hydrogens is 370 g/mol. The molecule has 0 aliphatic carbocycles. The molecule has 0 amide bonds. The second-order valence-electron chi connectivity index (χ2n) is 6.50. The summed E-state index contributed by atoms with van der Waals surface area (Å²) in [5.74, 6) is -0.325. The first kappa shape index (κ1) is 19.1. The highest BCUT2D eigenvalue weighted by Crippen LogP contribution is 2.27. The third kappa shape index (κ3) is 4.36. The summed E-state index contributed by atoms with van der Waals surface area (Å²) in [5.41, 5.74) is 1.04. The van der Waals surface area contributed by atoms with Crippen molar-refractivity contribution in [3.63, 3.8) is 0 Å². The van der Waals surface area contributed by atoms with Crippen molar-refractivity contribution in [3.05, 3.63) is 36.7 Å². The van der Waals surface area contributed by atoms with Gasteiger partial charge in [0.15, 0.2) is 5.58 Å². The van der Waals surface area contributed by atoms with E-state index in [1.54, 1.807) is 30.9 Å². The van der Waals surface area contributed by atoms with Gasteiger partial charge in [-0.05, 0) is 32.4 Å². The molecule has 8 nitrogen and oxygen atoms in total. The van der Waals surface area contributed by atoms with Gasteiger partial charge < -0.3 is 9.15 Å². The van der Waals surface area contributed by atoms with Crippen molar-refractivity contribution < 1.29 is 22.4 Å². The Hall–Kier alpha value is -2.68. The number of thiol groups is 1. The van der Waals surface area contributed by atoms with Gasteiger partial charge in [0.25, 0.3) is 0 Å². The number of ether oxygens (including phenoxy) is 1. The van der Waals surface area contributed by atoms with Gasteiger partial charge in [0.05, 0.1) is 29.5 Å². The van der Waals surface area contributed by atoms with Gasteiger partial charge in [-0.3, -0.25) is 9.48 Å². The number of esters is 1. The average molecular weight is 391 g/mol. The smallest absolute Gasteiger partial charge is 0.312 e. The van der Waals surface area contributed by atoms with E-state index in [2.05, 4.69) is 10.1 Å². The van der Waals surface area contributed by atoms with E-state index in [1.807, 2.05) is 24.3 Å². The number of hydrogen-bond acceptors (Lipinski definition) is 7. The molecule has 9 heteroatoms. The molecule has 0 saturated carbocycles. The number of aromatic nitrogens is 3. The zero-order valence-corrected chi connectivity index (χ0v) is 16.0. The Kier molecular flexibility index (Phi) is 5.59. The highest BCUT2D eigenvalue weighted by Gasteiger charge is 2.35. The van der Waals surface area contributed by atoms with Crippen LogP contribution in [-0.4, -0.2) is 41.5 Å². The third-order valence-corrected chi connectivity index (χ3v) is 5.27. The van der Waals surface area contributed by atoms with E-state index in [4.69, 9.17) is 9.15 Å². The van der Waals surface area contributed by atoms with E-state index >= 15 is 0 Å². The summed E-state index contributed by atoms with van der Waals surface area (Å²) in [6.07, 6.45) is 3.66. The second-order valence-corrected chi connectivity index (χ2v) is 7.48. The minimum absolute atomic E-state index is 0.202. The van der Waals surface area contributed by atoms with Gasteiger partial charge in [-0.1, -0.05) is 12.1 Å². The van der Waals surface area contributed by atoms with Gasteiger partial charge in [-0.25, -0.2) is 13.4 Å². The highest BCUT2D eigenvalue weighted by molar-refractivity contribution is 7.72. The largest absolute Gasteiger partial charge is 0.466 e. The first-order chi connectivity index (χ1) is 12.9. The van der Waals surface area contributed by atoms with E-state index in [-0.39, 0.29) is 18.8 Å². The summed E-state index contributed by atoms with van der Waals surface area (Å²) in [6, 6.07) is 7.46. The summed E-state index contributed by atoms with van der Waals surface area (Å²) in [7, 11) is -2.71. The maximum atomic E-state index is 12.2. The second kappa shape index (κ2) is 7.91. The molecule has 144 valence electrons. The number of aryl methyl sites for hydroxylation is 1. The first-order valence-corrected chi connectivity index (χ1v) is 9.95. The van der Waals surface area contributed by atoms with Gasteiger partial charge >= 0.3 is 5.97 Å². The van der Waals surface area contributed by atoms with Crippen LogP contribution in [0.4, 0.5) is 0 Å². The maximum absolute atomic E-state index is 12.2. The monoisotopic (exact) mass is 391 g/mol. The summed E-state index contributed by atoms with van der Waals surface area (Å²) in [4.78, 5) is 16.6. The molecule has 0 saturated heterocycles. The van der Waals surface area contributed by atoms with E-state index in [0.29, 0.717) is 23.6 Å². The summed E-state index contributed by atoms with van der Waals surface area (Å²) in [6.45, 7) is 3.85. The Balaban J connectivity index is 1.75. The predicted octanol–water partition coefficient (Wildman–Crippen LogP) is 2.26. The lowest BCUT2D eigenvalue weighted by atomic mass is 9.89. The number of fused-ring (bicyclic) bond motifs is 1. The van der Waals surface area contributed by atoms with Crippen molar-refractivity contribution in [3.8, 4) is 11.5 Å². The minimum Gasteiger partial charge on any atom is -0.466 e. The number of hydrogen-bond donors (Lipinski definition) is 1. The van der Waals surface area contributed by atoms with Crippen molar-refractivity contribution in [1.29, 1.82) is 0 Å². The van der Waals surface area contributed by atoms with E-state index in [1.165, 1.54) is 0 Å². The average Bonchev–Trinajstić information content (AvgIpc) is 3.26. The first-order valence-electron chi connectivity index (χ1n) is 8.59. The molecule has 0 aliphatic rings. The Morgan fingerprint density at radius 2 is 2.11 bits per heavy atom. The van der Waals surface area contributed by atoms with Crippen LogP contribution in [0.2, 0.25) is 0 Å². The van der Waals surface area contributed by atoms with E-state index < -0.39 is 22.1 Å².